The largest absolute Gasteiger partial charge is 0.298 e. The number of hydrogen-bond donors (Lipinski definition) is 1. The molecule has 0 saturated carbocycles. The highest BCUT2D eigenvalue weighted by Gasteiger charge is 2.14. The van der Waals surface area contributed by atoms with Crippen LogP contribution in [0.3, 0.4) is 0 Å². The summed E-state index contributed by atoms with van der Waals surface area (Å²) >= 11 is 4.90. The Bertz CT molecular complexity index is 655. The second-order valence-electron chi connectivity index (χ2n) is 4.23. The second kappa shape index (κ2) is 7.11. The monoisotopic (exact) mass is 335 g/mol. The molecule has 2 aromatic rings. The summed E-state index contributed by atoms with van der Waals surface area (Å²) in [5.74, 6) is 1.71. The average Bonchev–Trinajstić information content (AvgIpc) is 3.18. The molecule has 0 radical (unpaired) electrons. The van der Waals surface area contributed by atoms with Crippen molar-refractivity contribution in [3.05, 3.63) is 47.0 Å². The van der Waals surface area contributed by atoms with E-state index in [9.17, 15) is 4.79 Å². The molecule has 0 aliphatic carbocycles. The Labute approximate surface area is 135 Å². The standard InChI is InChI=1S/C14H13N3OS3/c18-12(17-13-15-5-7-19-13)11-4-2-1-3-10(11)9-21-14-16-6-8-20-14/h1-5,7H,6,8-9H2,(H,15,17,18). The van der Waals surface area contributed by atoms with Gasteiger partial charge in [0.2, 0.25) is 0 Å². The van der Waals surface area contributed by atoms with Crippen molar-refractivity contribution >= 4 is 50.3 Å². The van der Waals surface area contributed by atoms with Gasteiger partial charge in [-0.1, -0.05) is 41.7 Å². The van der Waals surface area contributed by atoms with E-state index in [0.29, 0.717) is 10.7 Å². The van der Waals surface area contributed by atoms with Crippen molar-refractivity contribution < 1.29 is 4.79 Å². The number of carbonyl (C=O) groups excluding carboxylic acids is 1. The molecule has 0 bridgehead atoms. The quantitative estimate of drug-likeness (QED) is 0.925. The first kappa shape index (κ1) is 14.6. The highest BCUT2D eigenvalue weighted by molar-refractivity contribution is 8.38. The highest BCUT2D eigenvalue weighted by atomic mass is 32.2. The third-order valence-corrected chi connectivity index (χ3v) is 5.81. The molecule has 2 heterocycles. The molecule has 7 heteroatoms. The fraction of sp³-hybridized carbons (Fsp3) is 0.214. The SMILES string of the molecule is O=C(Nc1nccs1)c1ccccc1CSC1=NCCS1. The van der Waals surface area contributed by atoms with E-state index in [-0.39, 0.29) is 5.91 Å². The molecule has 1 aromatic carbocycles. The molecule has 0 atom stereocenters. The predicted molar refractivity (Wildman–Crippen MR) is 92.6 cm³/mol. The zero-order valence-corrected chi connectivity index (χ0v) is 13.6. The van der Waals surface area contributed by atoms with Gasteiger partial charge in [0.1, 0.15) is 4.38 Å². The number of thiazole rings is 1. The number of benzene rings is 1. The zero-order valence-electron chi connectivity index (χ0n) is 11.1. The molecule has 1 aliphatic heterocycles. The third kappa shape index (κ3) is 3.87. The predicted octanol–water partition coefficient (Wildman–Crippen LogP) is 3.73. The fourth-order valence-electron chi connectivity index (χ4n) is 1.86. The topological polar surface area (TPSA) is 54.4 Å². The Balaban J connectivity index is 1.70. The van der Waals surface area contributed by atoms with E-state index in [4.69, 9.17) is 0 Å². The molecule has 1 N–H and O–H groups in total. The summed E-state index contributed by atoms with van der Waals surface area (Å²) in [6, 6.07) is 7.68. The minimum absolute atomic E-state index is 0.109. The van der Waals surface area contributed by atoms with Gasteiger partial charge in [-0.25, -0.2) is 4.98 Å². The second-order valence-corrected chi connectivity index (χ2v) is 7.43. The van der Waals surface area contributed by atoms with Crippen molar-refractivity contribution in [1.29, 1.82) is 0 Å². The summed E-state index contributed by atoms with van der Waals surface area (Å²) in [6.45, 7) is 0.902. The van der Waals surface area contributed by atoms with Crippen molar-refractivity contribution in [3.63, 3.8) is 0 Å². The van der Waals surface area contributed by atoms with Crippen LogP contribution in [0.2, 0.25) is 0 Å². The van der Waals surface area contributed by atoms with E-state index in [1.165, 1.54) is 11.3 Å². The Kier molecular flexibility index (Phi) is 4.95. The number of hydrogen-bond acceptors (Lipinski definition) is 6. The molecule has 0 unspecified atom stereocenters. The molecule has 1 aromatic heterocycles. The number of nitrogens with zero attached hydrogens (tertiary/aromatic N) is 2. The number of rotatable bonds is 4. The Hall–Kier alpha value is -1.31. The Morgan fingerprint density at radius 2 is 2.29 bits per heavy atom. The first-order chi connectivity index (χ1) is 10.3. The molecule has 0 saturated heterocycles. The van der Waals surface area contributed by atoms with Crippen LogP contribution >= 0.6 is 34.9 Å². The van der Waals surface area contributed by atoms with Crippen LogP contribution in [0.15, 0.2) is 40.8 Å². The summed E-state index contributed by atoms with van der Waals surface area (Å²) < 4.78 is 1.12. The molecular weight excluding hydrogens is 322 g/mol. The summed E-state index contributed by atoms with van der Waals surface area (Å²) in [5, 5.41) is 5.29. The van der Waals surface area contributed by atoms with Crippen molar-refractivity contribution in [2.24, 2.45) is 4.99 Å². The number of nitrogens with one attached hydrogen (secondary N) is 1. The van der Waals surface area contributed by atoms with Crippen molar-refractivity contribution in [3.8, 4) is 0 Å². The van der Waals surface area contributed by atoms with Gasteiger partial charge < -0.3 is 0 Å². The Morgan fingerprint density at radius 1 is 1.38 bits per heavy atom. The van der Waals surface area contributed by atoms with Gasteiger partial charge >= 0.3 is 0 Å². The van der Waals surface area contributed by atoms with Gasteiger partial charge in [-0.05, 0) is 11.6 Å². The summed E-state index contributed by atoms with van der Waals surface area (Å²) in [5.41, 5.74) is 1.72. The van der Waals surface area contributed by atoms with Crippen molar-refractivity contribution in [2.75, 3.05) is 17.6 Å². The maximum atomic E-state index is 12.3. The maximum Gasteiger partial charge on any atom is 0.257 e. The van der Waals surface area contributed by atoms with Crippen LogP contribution in [0.4, 0.5) is 5.13 Å². The van der Waals surface area contributed by atoms with Crippen LogP contribution in [0.5, 0.6) is 0 Å². The first-order valence-electron chi connectivity index (χ1n) is 6.42. The summed E-state index contributed by atoms with van der Waals surface area (Å²) in [7, 11) is 0. The number of thioether (sulfide) groups is 2. The lowest BCUT2D eigenvalue weighted by Crippen LogP contribution is -2.13. The van der Waals surface area contributed by atoms with Gasteiger partial charge in [0.25, 0.3) is 5.91 Å². The van der Waals surface area contributed by atoms with E-state index in [2.05, 4.69) is 15.3 Å². The van der Waals surface area contributed by atoms with E-state index in [1.807, 2.05) is 29.6 Å². The van der Waals surface area contributed by atoms with E-state index >= 15 is 0 Å². The molecule has 1 aliphatic rings. The summed E-state index contributed by atoms with van der Waals surface area (Å²) in [6.07, 6.45) is 1.68. The minimum Gasteiger partial charge on any atom is -0.298 e. The number of aromatic nitrogens is 1. The van der Waals surface area contributed by atoms with E-state index in [0.717, 1.165) is 28.0 Å². The van der Waals surface area contributed by atoms with Crippen molar-refractivity contribution in [2.45, 2.75) is 5.75 Å². The van der Waals surface area contributed by atoms with E-state index < -0.39 is 0 Å². The zero-order chi connectivity index (χ0) is 14.5. The molecule has 1 amide bonds. The van der Waals surface area contributed by atoms with Gasteiger partial charge in [-0.15, -0.1) is 11.3 Å². The van der Waals surface area contributed by atoms with Crippen LogP contribution in [-0.4, -0.2) is 27.6 Å². The lowest BCUT2D eigenvalue weighted by molar-refractivity contribution is 0.102. The van der Waals surface area contributed by atoms with Crippen LogP contribution in [0.25, 0.3) is 0 Å². The number of carbonyl (C=O) groups is 1. The molecule has 4 nitrogen and oxygen atoms in total. The molecule has 3 rings (SSSR count). The first-order valence-corrected chi connectivity index (χ1v) is 9.27. The van der Waals surface area contributed by atoms with Gasteiger partial charge in [-0.3, -0.25) is 15.1 Å². The van der Waals surface area contributed by atoms with Gasteiger partial charge in [-0.2, -0.15) is 0 Å². The number of anilines is 1. The Morgan fingerprint density at radius 3 is 3.05 bits per heavy atom. The van der Waals surface area contributed by atoms with Crippen LogP contribution in [0, 0.1) is 0 Å². The molecule has 21 heavy (non-hydrogen) atoms. The normalized spacial score (nSPS) is 14.0. The smallest absolute Gasteiger partial charge is 0.257 e. The molecule has 0 spiro atoms. The van der Waals surface area contributed by atoms with Crippen LogP contribution in [0.1, 0.15) is 15.9 Å². The van der Waals surface area contributed by atoms with Crippen LogP contribution in [-0.2, 0) is 5.75 Å². The molecular formula is C14H13N3OS3. The minimum atomic E-state index is -0.109. The van der Waals surface area contributed by atoms with Crippen LogP contribution < -0.4 is 5.32 Å². The number of aliphatic imine (C=N–C) groups is 1. The average molecular weight is 335 g/mol. The highest BCUT2D eigenvalue weighted by Crippen LogP contribution is 2.26. The van der Waals surface area contributed by atoms with Crippen molar-refractivity contribution in [1.82, 2.24) is 4.98 Å². The van der Waals surface area contributed by atoms with E-state index in [1.54, 1.807) is 29.7 Å². The third-order valence-electron chi connectivity index (χ3n) is 2.82. The lowest BCUT2D eigenvalue weighted by Gasteiger charge is -2.08. The van der Waals surface area contributed by atoms with Gasteiger partial charge in [0.15, 0.2) is 5.13 Å². The maximum absolute atomic E-state index is 12.3. The number of amides is 1. The summed E-state index contributed by atoms with van der Waals surface area (Å²) in [4.78, 5) is 20.8. The molecule has 108 valence electrons. The fourth-order valence-corrected chi connectivity index (χ4v) is 4.40. The molecule has 0 fully saturated rings. The van der Waals surface area contributed by atoms with Gasteiger partial charge in [0.05, 0.1) is 6.54 Å². The van der Waals surface area contributed by atoms with Gasteiger partial charge in [0, 0.05) is 28.6 Å². The lowest BCUT2D eigenvalue weighted by atomic mass is 10.1.